The lowest BCUT2D eigenvalue weighted by Crippen LogP contribution is -2.50. The van der Waals surface area contributed by atoms with Crippen molar-refractivity contribution in [1.29, 1.82) is 0 Å². The van der Waals surface area contributed by atoms with Crippen LogP contribution in [0.4, 0.5) is 29.3 Å². The van der Waals surface area contributed by atoms with Crippen LogP contribution in [0, 0.1) is 0 Å². The maximum Gasteiger partial charge on any atom is 0.446 e. The fourth-order valence-electron chi connectivity index (χ4n) is 3.14. The number of carbonyl (C=O) groups excluding carboxylic acids is 1. The molecule has 0 aromatic heterocycles. The third-order valence-corrected chi connectivity index (χ3v) is 5.37. The molecule has 162 valence electrons. The molecule has 30 heavy (non-hydrogen) atoms. The van der Waals surface area contributed by atoms with Crippen LogP contribution in [0.1, 0.15) is 0 Å². The van der Waals surface area contributed by atoms with Crippen molar-refractivity contribution in [3.05, 3.63) is 42.5 Å². The van der Waals surface area contributed by atoms with Gasteiger partial charge in [0, 0.05) is 42.8 Å². The first-order valence-corrected chi connectivity index (χ1v) is 9.99. The molecule has 1 fully saturated rings. The summed E-state index contributed by atoms with van der Waals surface area (Å²) in [5.74, 6) is 1.40. The van der Waals surface area contributed by atoms with Crippen LogP contribution in [0.5, 0.6) is 11.5 Å². The second-order valence-electron chi connectivity index (χ2n) is 6.51. The molecule has 2 aromatic rings. The zero-order chi connectivity index (χ0) is 21.7. The van der Waals surface area contributed by atoms with Gasteiger partial charge in [0.2, 0.25) is 0 Å². The molecule has 1 aliphatic rings. The third kappa shape index (κ3) is 5.65. The molecule has 0 saturated carbocycles. The maximum atomic E-state index is 12.5. The number of piperazine rings is 1. The standard InChI is InChI=1S/C20H22F3N3O3S/c1-28-15-5-8-17(18(13-15)29-2)25-9-11-26(12-10-25)19(27)24-14-3-6-16(7-4-14)30-20(21,22)23/h3-8,13H,9-12H2,1-2H3,(H,24,27). The van der Waals surface area contributed by atoms with Gasteiger partial charge in [0.05, 0.1) is 19.9 Å². The van der Waals surface area contributed by atoms with Gasteiger partial charge in [0.15, 0.2) is 0 Å². The number of carbonyl (C=O) groups is 1. The van der Waals surface area contributed by atoms with Crippen molar-refractivity contribution in [1.82, 2.24) is 4.90 Å². The summed E-state index contributed by atoms with van der Waals surface area (Å²) in [6.45, 7) is 2.25. The van der Waals surface area contributed by atoms with Crippen molar-refractivity contribution in [3.8, 4) is 11.5 Å². The van der Waals surface area contributed by atoms with Crippen molar-refractivity contribution in [3.63, 3.8) is 0 Å². The highest BCUT2D eigenvalue weighted by molar-refractivity contribution is 8.00. The van der Waals surface area contributed by atoms with E-state index in [0.717, 1.165) is 5.69 Å². The van der Waals surface area contributed by atoms with Gasteiger partial charge in [-0.05, 0) is 48.2 Å². The minimum absolute atomic E-state index is 0.0718. The molecule has 2 aromatic carbocycles. The molecule has 1 N–H and O–H groups in total. The Morgan fingerprint density at radius 2 is 1.67 bits per heavy atom. The van der Waals surface area contributed by atoms with Gasteiger partial charge in [0.25, 0.3) is 0 Å². The Morgan fingerprint density at radius 1 is 1.00 bits per heavy atom. The highest BCUT2D eigenvalue weighted by Gasteiger charge is 2.29. The molecule has 6 nitrogen and oxygen atoms in total. The van der Waals surface area contributed by atoms with Gasteiger partial charge < -0.3 is 24.6 Å². The summed E-state index contributed by atoms with van der Waals surface area (Å²) in [5, 5.41) is 2.73. The molecule has 0 aliphatic carbocycles. The molecule has 0 unspecified atom stereocenters. The number of methoxy groups -OCH3 is 2. The van der Waals surface area contributed by atoms with Crippen LogP contribution >= 0.6 is 11.8 Å². The molecule has 10 heteroatoms. The van der Waals surface area contributed by atoms with Gasteiger partial charge >= 0.3 is 11.5 Å². The van der Waals surface area contributed by atoms with E-state index in [1.165, 1.54) is 24.3 Å². The van der Waals surface area contributed by atoms with Crippen molar-refractivity contribution >= 4 is 29.2 Å². The molecular formula is C20H22F3N3O3S. The SMILES string of the molecule is COc1ccc(N2CCN(C(=O)Nc3ccc(SC(F)(F)F)cc3)CC2)c(OC)c1. The number of nitrogens with zero attached hydrogens (tertiary/aromatic N) is 2. The van der Waals surface area contributed by atoms with Crippen LogP contribution < -0.4 is 19.7 Å². The van der Waals surface area contributed by atoms with E-state index in [2.05, 4.69) is 10.2 Å². The lowest BCUT2D eigenvalue weighted by atomic mass is 10.2. The van der Waals surface area contributed by atoms with E-state index in [9.17, 15) is 18.0 Å². The summed E-state index contributed by atoms with van der Waals surface area (Å²) in [6.07, 6.45) is 0. The predicted octanol–water partition coefficient (Wildman–Crippen LogP) is 4.67. The molecular weight excluding hydrogens is 419 g/mol. The van der Waals surface area contributed by atoms with Gasteiger partial charge in [0.1, 0.15) is 11.5 Å². The number of hydrogen-bond donors (Lipinski definition) is 1. The molecule has 0 radical (unpaired) electrons. The number of anilines is 2. The highest BCUT2D eigenvalue weighted by Crippen LogP contribution is 2.37. The molecule has 2 amide bonds. The van der Waals surface area contributed by atoms with E-state index in [0.29, 0.717) is 43.4 Å². The van der Waals surface area contributed by atoms with Crippen molar-refractivity contribution in [2.45, 2.75) is 10.4 Å². The van der Waals surface area contributed by atoms with Crippen LogP contribution in [-0.2, 0) is 0 Å². The largest absolute Gasteiger partial charge is 0.497 e. The van der Waals surface area contributed by atoms with E-state index >= 15 is 0 Å². The Balaban J connectivity index is 1.55. The molecule has 1 aliphatic heterocycles. The zero-order valence-corrected chi connectivity index (χ0v) is 17.3. The minimum Gasteiger partial charge on any atom is -0.497 e. The summed E-state index contributed by atoms with van der Waals surface area (Å²) in [5.41, 5.74) is -2.96. The summed E-state index contributed by atoms with van der Waals surface area (Å²) < 4.78 is 47.9. The number of urea groups is 1. The lowest BCUT2D eigenvalue weighted by Gasteiger charge is -2.36. The summed E-state index contributed by atoms with van der Waals surface area (Å²) in [6, 6.07) is 10.9. The Morgan fingerprint density at radius 3 is 2.23 bits per heavy atom. The van der Waals surface area contributed by atoms with E-state index in [4.69, 9.17) is 9.47 Å². The fourth-order valence-corrected chi connectivity index (χ4v) is 3.68. The van der Waals surface area contributed by atoms with Gasteiger partial charge in [-0.25, -0.2) is 4.79 Å². The number of halogens is 3. The van der Waals surface area contributed by atoms with Crippen LogP contribution in [0.15, 0.2) is 47.4 Å². The lowest BCUT2D eigenvalue weighted by molar-refractivity contribution is -0.0328. The van der Waals surface area contributed by atoms with Crippen LogP contribution in [0.25, 0.3) is 0 Å². The second kappa shape index (κ2) is 9.38. The van der Waals surface area contributed by atoms with Crippen molar-refractivity contribution in [2.75, 3.05) is 50.6 Å². The fraction of sp³-hybridized carbons (Fsp3) is 0.350. The van der Waals surface area contributed by atoms with Crippen LogP contribution in [-0.4, -0.2) is 56.8 Å². The molecule has 3 rings (SSSR count). The minimum atomic E-state index is -4.34. The smallest absolute Gasteiger partial charge is 0.446 e. The predicted molar refractivity (Wildman–Crippen MR) is 111 cm³/mol. The quantitative estimate of drug-likeness (QED) is 0.684. The number of ether oxygens (including phenoxy) is 2. The van der Waals surface area contributed by atoms with E-state index in [1.807, 2.05) is 18.2 Å². The number of hydrogen-bond acceptors (Lipinski definition) is 5. The number of thioether (sulfide) groups is 1. The first kappa shape index (κ1) is 21.9. The van der Waals surface area contributed by atoms with Gasteiger partial charge in [-0.15, -0.1) is 0 Å². The van der Waals surface area contributed by atoms with Crippen LogP contribution in [0.2, 0.25) is 0 Å². The third-order valence-electron chi connectivity index (χ3n) is 4.63. The van der Waals surface area contributed by atoms with Gasteiger partial charge in [-0.1, -0.05) is 0 Å². The summed E-state index contributed by atoms with van der Waals surface area (Å²) in [4.78, 5) is 16.4. The summed E-state index contributed by atoms with van der Waals surface area (Å²) >= 11 is -0.187. The van der Waals surface area contributed by atoms with E-state index < -0.39 is 5.51 Å². The van der Waals surface area contributed by atoms with Crippen molar-refractivity contribution in [2.24, 2.45) is 0 Å². The number of rotatable bonds is 5. The molecule has 1 saturated heterocycles. The zero-order valence-electron chi connectivity index (χ0n) is 16.5. The average Bonchev–Trinajstić information content (AvgIpc) is 2.73. The maximum absolute atomic E-state index is 12.5. The molecule has 0 spiro atoms. The van der Waals surface area contributed by atoms with Crippen molar-refractivity contribution < 1.29 is 27.4 Å². The monoisotopic (exact) mass is 441 g/mol. The average molecular weight is 441 g/mol. The van der Waals surface area contributed by atoms with E-state index in [1.54, 1.807) is 19.1 Å². The summed E-state index contributed by atoms with van der Waals surface area (Å²) in [7, 11) is 3.19. The Labute approximate surface area is 176 Å². The number of benzene rings is 2. The number of amides is 2. The van der Waals surface area contributed by atoms with E-state index in [-0.39, 0.29) is 22.7 Å². The highest BCUT2D eigenvalue weighted by atomic mass is 32.2. The van der Waals surface area contributed by atoms with Gasteiger partial charge in [-0.3, -0.25) is 0 Å². The number of nitrogens with one attached hydrogen (secondary N) is 1. The first-order valence-electron chi connectivity index (χ1n) is 9.18. The number of alkyl halides is 3. The molecule has 1 heterocycles. The normalized spacial score (nSPS) is 14.4. The molecule has 0 atom stereocenters. The Bertz CT molecular complexity index is 870. The Kier molecular flexibility index (Phi) is 6.86. The first-order chi connectivity index (χ1) is 14.3. The Hall–Kier alpha value is -2.75. The molecule has 0 bridgehead atoms. The van der Waals surface area contributed by atoms with Gasteiger partial charge in [-0.2, -0.15) is 13.2 Å². The second-order valence-corrected chi connectivity index (χ2v) is 7.65. The topological polar surface area (TPSA) is 54.0 Å². The van der Waals surface area contributed by atoms with Crippen LogP contribution in [0.3, 0.4) is 0 Å².